The summed E-state index contributed by atoms with van der Waals surface area (Å²) in [5.74, 6) is 0.608. The van der Waals surface area contributed by atoms with Crippen molar-refractivity contribution in [1.82, 2.24) is 9.88 Å². The van der Waals surface area contributed by atoms with Gasteiger partial charge in [0.1, 0.15) is 0 Å². The van der Waals surface area contributed by atoms with E-state index in [9.17, 15) is 4.79 Å². The van der Waals surface area contributed by atoms with Gasteiger partial charge in [-0.15, -0.1) is 0 Å². The van der Waals surface area contributed by atoms with Crippen molar-refractivity contribution in [2.45, 2.75) is 6.54 Å². The lowest BCUT2D eigenvalue weighted by molar-refractivity contribution is 0.0751. The number of amides is 1. The summed E-state index contributed by atoms with van der Waals surface area (Å²) >= 11 is 3.17. The van der Waals surface area contributed by atoms with Crippen LogP contribution in [-0.4, -0.2) is 29.9 Å². The van der Waals surface area contributed by atoms with Crippen molar-refractivity contribution in [1.29, 1.82) is 0 Å². The average Bonchev–Trinajstić information content (AvgIpc) is 2.85. The molecule has 0 fully saturated rings. The molecule has 0 bridgehead atoms. The quantitative estimate of drug-likeness (QED) is 0.867. The third-order valence-electron chi connectivity index (χ3n) is 2.58. The number of methoxy groups -OCH3 is 1. The van der Waals surface area contributed by atoms with Crippen LogP contribution < -0.4 is 4.74 Å². The lowest BCUT2D eigenvalue weighted by Gasteiger charge is -2.16. The smallest absolute Gasteiger partial charge is 0.289 e. The summed E-state index contributed by atoms with van der Waals surface area (Å²) in [6.07, 6.45) is 1.65. The molecule has 0 N–H and O–H groups in total. The van der Waals surface area contributed by atoms with Crippen molar-refractivity contribution in [2.24, 2.45) is 0 Å². The Kier molecular flexibility index (Phi) is 4.21. The average molecular weight is 325 g/mol. The highest BCUT2D eigenvalue weighted by Gasteiger charge is 2.17. The molecule has 2 aromatic rings. The largest absolute Gasteiger partial charge is 0.481 e. The van der Waals surface area contributed by atoms with E-state index in [0.717, 1.165) is 5.56 Å². The van der Waals surface area contributed by atoms with E-state index in [0.29, 0.717) is 17.1 Å². The van der Waals surface area contributed by atoms with Crippen molar-refractivity contribution in [2.75, 3.05) is 14.2 Å². The molecule has 100 valence electrons. The molecule has 1 amide bonds. The summed E-state index contributed by atoms with van der Waals surface area (Å²) in [5.41, 5.74) is 0.839. The first-order valence-electron chi connectivity index (χ1n) is 5.60. The summed E-state index contributed by atoms with van der Waals surface area (Å²) in [5, 5.41) is 0. The van der Waals surface area contributed by atoms with Crippen LogP contribution in [0.15, 0.2) is 39.5 Å². The van der Waals surface area contributed by atoms with Crippen LogP contribution in [0.4, 0.5) is 0 Å². The van der Waals surface area contributed by atoms with Crippen LogP contribution in [-0.2, 0) is 6.54 Å². The van der Waals surface area contributed by atoms with Gasteiger partial charge in [0.2, 0.25) is 5.88 Å². The monoisotopic (exact) mass is 324 g/mol. The number of pyridine rings is 1. The number of halogens is 1. The van der Waals surface area contributed by atoms with E-state index in [1.54, 1.807) is 43.5 Å². The highest BCUT2D eigenvalue weighted by molar-refractivity contribution is 9.10. The van der Waals surface area contributed by atoms with Crippen LogP contribution in [0.3, 0.4) is 0 Å². The topological polar surface area (TPSA) is 55.6 Å². The van der Waals surface area contributed by atoms with Crippen molar-refractivity contribution >= 4 is 21.8 Å². The number of rotatable bonds is 4. The molecule has 0 spiro atoms. The number of ether oxygens (including phenoxy) is 1. The van der Waals surface area contributed by atoms with Gasteiger partial charge in [0.05, 0.1) is 13.7 Å². The van der Waals surface area contributed by atoms with E-state index in [1.807, 2.05) is 6.07 Å². The third-order valence-corrected chi connectivity index (χ3v) is 3.01. The molecule has 0 atom stereocenters. The van der Waals surface area contributed by atoms with Gasteiger partial charge in [-0.25, -0.2) is 4.98 Å². The summed E-state index contributed by atoms with van der Waals surface area (Å²) in [4.78, 5) is 17.8. The molecule has 0 aliphatic rings. The molecule has 0 unspecified atom stereocenters. The lowest BCUT2D eigenvalue weighted by Crippen LogP contribution is -2.26. The zero-order valence-corrected chi connectivity index (χ0v) is 12.2. The van der Waals surface area contributed by atoms with Crippen LogP contribution in [0.1, 0.15) is 16.1 Å². The summed E-state index contributed by atoms with van der Waals surface area (Å²) < 4.78 is 10.9. The van der Waals surface area contributed by atoms with Crippen molar-refractivity contribution in [3.63, 3.8) is 0 Å². The van der Waals surface area contributed by atoms with Crippen molar-refractivity contribution < 1.29 is 13.9 Å². The van der Waals surface area contributed by atoms with Gasteiger partial charge < -0.3 is 14.1 Å². The van der Waals surface area contributed by atoms with E-state index in [-0.39, 0.29) is 11.7 Å². The van der Waals surface area contributed by atoms with E-state index in [2.05, 4.69) is 20.9 Å². The minimum atomic E-state index is -0.198. The zero-order valence-electron chi connectivity index (χ0n) is 10.6. The van der Waals surface area contributed by atoms with Gasteiger partial charge >= 0.3 is 0 Å². The first-order valence-corrected chi connectivity index (χ1v) is 6.40. The summed E-state index contributed by atoms with van der Waals surface area (Å²) in [7, 11) is 3.25. The Morgan fingerprint density at radius 1 is 1.47 bits per heavy atom. The van der Waals surface area contributed by atoms with Gasteiger partial charge in [0, 0.05) is 18.8 Å². The molecule has 0 saturated heterocycles. The second-order valence-corrected chi connectivity index (χ2v) is 4.72. The summed E-state index contributed by atoms with van der Waals surface area (Å²) in [6.45, 7) is 0.397. The van der Waals surface area contributed by atoms with Gasteiger partial charge in [0.25, 0.3) is 5.91 Å². The number of hydrogen-bond acceptors (Lipinski definition) is 4. The normalized spacial score (nSPS) is 10.3. The Labute approximate surface area is 119 Å². The van der Waals surface area contributed by atoms with E-state index in [4.69, 9.17) is 9.15 Å². The minimum absolute atomic E-state index is 0.198. The minimum Gasteiger partial charge on any atom is -0.481 e. The highest BCUT2D eigenvalue weighted by atomic mass is 79.9. The first-order chi connectivity index (χ1) is 9.11. The van der Waals surface area contributed by atoms with E-state index >= 15 is 0 Å². The molecule has 0 radical (unpaired) electrons. The van der Waals surface area contributed by atoms with Crippen LogP contribution in [0.25, 0.3) is 0 Å². The molecule has 19 heavy (non-hydrogen) atoms. The molecule has 0 aromatic carbocycles. The van der Waals surface area contributed by atoms with Crippen molar-refractivity contribution in [3.05, 3.63) is 46.5 Å². The maximum atomic E-state index is 12.1. The predicted molar refractivity (Wildman–Crippen MR) is 73.0 cm³/mol. The van der Waals surface area contributed by atoms with Gasteiger partial charge in [0.15, 0.2) is 10.4 Å². The fourth-order valence-corrected chi connectivity index (χ4v) is 1.98. The Bertz CT molecular complexity index is 583. The second kappa shape index (κ2) is 5.88. The van der Waals surface area contributed by atoms with E-state index in [1.165, 1.54) is 0 Å². The predicted octanol–water partition coefficient (Wildman–Crippen LogP) is 2.72. The molecular formula is C13H13BrN2O3. The highest BCUT2D eigenvalue weighted by Crippen LogP contribution is 2.19. The van der Waals surface area contributed by atoms with Gasteiger partial charge in [-0.05, 0) is 34.1 Å². The van der Waals surface area contributed by atoms with Crippen LogP contribution in [0.5, 0.6) is 5.88 Å². The number of hydrogen-bond donors (Lipinski definition) is 0. The molecule has 0 aliphatic heterocycles. The summed E-state index contributed by atoms with van der Waals surface area (Å²) in [6, 6.07) is 6.99. The number of furan rings is 1. The maximum absolute atomic E-state index is 12.1. The van der Waals surface area contributed by atoms with Crippen LogP contribution in [0.2, 0.25) is 0 Å². The molecule has 2 rings (SSSR count). The number of carbonyl (C=O) groups excluding carboxylic acids is 1. The Balaban J connectivity index is 2.12. The second-order valence-electron chi connectivity index (χ2n) is 3.94. The molecule has 5 nitrogen and oxygen atoms in total. The van der Waals surface area contributed by atoms with Gasteiger partial charge in [-0.2, -0.15) is 0 Å². The zero-order chi connectivity index (χ0) is 13.8. The molecule has 0 aliphatic carbocycles. The van der Waals surface area contributed by atoms with E-state index < -0.39 is 0 Å². The lowest BCUT2D eigenvalue weighted by atomic mass is 10.2. The third kappa shape index (κ3) is 3.14. The fourth-order valence-electron chi connectivity index (χ4n) is 1.67. The molecule has 2 heterocycles. The van der Waals surface area contributed by atoms with Gasteiger partial charge in [-0.3, -0.25) is 4.79 Å². The molecular weight excluding hydrogens is 312 g/mol. The standard InChI is InChI=1S/C13H13BrN2O3/c1-16(13(17)10-5-6-11(14)19-10)8-9-4-3-7-15-12(9)18-2/h3-7H,8H2,1-2H3. The molecule has 2 aromatic heterocycles. The van der Waals surface area contributed by atoms with Crippen LogP contribution in [0, 0.1) is 0 Å². The number of carbonyl (C=O) groups is 1. The number of nitrogens with zero attached hydrogens (tertiary/aromatic N) is 2. The Hall–Kier alpha value is -1.82. The van der Waals surface area contributed by atoms with Crippen molar-refractivity contribution in [3.8, 4) is 5.88 Å². The fraction of sp³-hybridized carbons (Fsp3) is 0.231. The Morgan fingerprint density at radius 2 is 2.26 bits per heavy atom. The van der Waals surface area contributed by atoms with Gasteiger partial charge in [-0.1, -0.05) is 6.07 Å². The maximum Gasteiger partial charge on any atom is 0.289 e. The molecule has 0 saturated carbocycles. The van der Waals surface area contributed by atoms with Crippen LogP contribution >= 0.6 is 15.9 Å². The molecule has 6 heteroatoms. The Morgan fingerprint density at radius 3 is 2.89 bits per heavy atom. The SMILES string of the molecule is COc1ncccc1CN(C)C(=O)c1ccc(Br)o1. The first kappa shape index (κ1) is 13.6. The number of aromatic nitrogens is 1.